The third kappa shape index (κ3) is 4.87. The van der Waals surface area contributed by atoms with Gasteiger partial charge >= 0.3 is 0 Å². The first kappa shape index (κ1) is 14.8. The Bertz CT molecular complexity index is 369. The summed E-state index contributed by atoms with van der Waals surface area (Å²) in [6, 6.07) is 5.61. The average molecular weight is 274 g/mol. The van der Waals surface area contributed by atoms with Crippen LogP contribution >= 0.6 is 23.2 Å². The smallest absolute Gasteiger partial charge is 0.0639 e. The van der Waals surface area contributed by atoms with E-state index in [-0.39, 0.29) is 6.04 Å². The molecule has 17 heavy (non-hydrogen) atoms. The van der Waals surface area contributed by atoms with E-state index in [1.54, 1.807) is 6.07 Å². The molecule has 0 bridgehead atoms. The van der Waals surface area contributed by atoms with Crippen LogP contribution in [-0.2, 0) is 0 Å². The fourth-order valence-corrected chi connectivity index (χ4v) is 2.26. The van der Waals surface area contributed by atoms with Crippen molar-refractivity contribution < 1.29 is 0 Å². The van der Waals surface area contributed by atoms with Crippen molar-refractivity contribution >= 4 is 23.2 Å². The Labute approximate surface area is 114 Å². The van der Waals surface area contributed by atoms with Crippen LogP contribution in [0.25, 0.3) is 0 Å². The zero-order valence-corrected chi connectivity index (χ0v) is 12.3. The van der Waals surface area contributed by atoms with Gasteiger partial charge in [0.15, 0.2) is 0 Å². The van der Waals surface area contributed by atoms with Crippen molar-refractivity contribution in [3.63, 3.8) is 0 Å². The number of hydrogen-bond acceptors (Lipinski definition) is 1. The van der Waals surface area contributed by atoms with Gasteiger partial charge in [-0.1, -0.05) is 62.5 Å². The third-order valence-corrected chi connectivity index (χ3v) is 3.66. The van der Waals surface area contributed by atoms with Crippen molar-refractivity contribution in [1.82, 2.24) is 0 Å². The van der Waals surface area contributed by atoms with Crippen LogP contribution in [0.1, 0.15) is 51.6 Å². The molecule has 0 amide bonds. The van der Waals surface area contributed by atoms with Crippen LogP contribution in [-0.4, -0.2) is 0 Å². The summed E-state index contributed by atoms with van der Waals surface area (Å²) in [5.74, 6) is 0. The summed E-state index contributed by atoms with van der Waals surface area (Å²) in [5, 5.41) is 1.17. The van der Waals surface area contributed by atoms with Crippen LogP contribution in [0.4, 0.5) is 0 Å². The van der Waals surface area contributed by atoms with Crippen LogP contribution < -0.4 is 5.73 Å². The maximum absolute atomic E-state index is 6.15. The molecule has 0 spiro atoms. The normalized spacial score (nSPS) is 13.8. The maximum Gasteiger partial charge on any atom is 0.0639 e. The number of nitrogens with two attached hydrogens (primary N) is 1. The van der Waals surface area contributed by atoms with Crippen molar-refractivity contribution in [2.75, 3.05) is 0 Å². The number of rotatable bonds is 4. The van der Waals surface area contributed by atoms with E-state index < -0.39 is 0 Å². The Hall–Kier alpha value is -0.240. The SMILES string of the molecule is CC(C)(C)CCCC(N)c1cccc(Cl)c1Cl. The number of hydrogen-bond donors (Lipinski definition) is 1. The molecule has 0 saturated heterocycles. The highest BCUT2D eigenvalue weighted by Crippen LogP contribution is 2.32. The molecule has 2 N–H and O–H groups in total. The van der Waals surface area contributed by atoms with Crippen molar-refractivity contribution in [2.24, 2.45) is 11.1 Å². The Morgan fingerprint density at radius 2 is 1.88 bits per heavy atom. The average Bonchev–Trinajstić information content (AvgIpc) is 2.20. The Balaban J connectivity index is 2.58. The first-order valence-electron chi connectivity index (χ1n) is 6.01. The zero-order valence-electron chi connectivity index (χ0n) is 10.8. The minimum atomic E-state index is -0.0245. The second-order valence-electron chi connectivity index (χ2n) is 5.70. The summed E-state index contributed by atoms with van der Waals surface area (Å²) < 4.78 is 0. The van der Waals surface area contributed by atoms with Gasteiger partial charge in [-0.25, -0.2) is 0 Å². The molecule has 1 nitrogen and oxygen atoms in total. The predicted molar refractivity (Wildman–Crippen MR) is 76.7 cm³/mol. The largest absolute Gasteiger partial charge is 0.324 e. The van der Waals surface area contributed by atoms with E-state index in [4.69, 9.17) is 28.9 Å². The molecule has 0 saturated carbocycles. The molecule has 1 atom stereocenters. The fraction of sp³-hybridized carbons (Fsp3) is 0.571. The van der Waals surface area contributed by atoms with Gasteiger partial charge in [-0.3, -0.25) is 0 Å². The van der Waals surface area contributed by atoms with E-state index in [0.717, 1.165) is 18.4 Å². The molecule has 1 aromatic rings. The molecule has 1 aromatic carbocycles. The topological polar surface area (TPSA) is 26.0 Å². The van der Waals surface area contributed by atoms with E-state index in [2.05, 4.69) is 20.8 Å². The van der Waals surface area contributed by atoms with Gasteiger partial charge in [-0.2, -0.15) is 0 Å². The standard InChI is InChI=1S/C14H21Cl2N/c1-14(2,3)9-5-8-12(17)10-6-4-7-11(15)13(10)16/h4,6-7,12H,5,8-9,17H2,1-3H3. The molecule has 0 aliphatic carbocycles. The van der Waals surface area contributed by atoms with Gasteiger partial charge in [0.2, 0.25) is 0 Å². The molecule has 0 aromatic heterocycles. The molecule has 1 unspecified atom stereocenters. The van der Waals surface area contributed by atoms with Gasteiger partial charge in [-0.15, -0.1) is 0 Å². The number of benzene rings is 1. The van der Waals surface area contributed by atoms with E-state index >= 15 is 0 Å². The second kappa shape index (κ2) is 6.08. The summed E-state index contributed by atoms with van der Waals surface area (Å²) in [6.45, 7) is 6.72. The summed E-state index contributed by atoms with van der Waals surface area (Å²) in [4.78, 5) is 0. The molecule has 0 aliphatic heterocycles. The molecule has 96 valence electrons. The Morgan fingerprint density at radius 3 is 2.47 bits per heavy atom. The van der Waals surface area contributed by atoms with E-state index in [1.807, 2.05) is 12.1 Å². The lowest BCUT2D eigenvalue weighted by atomic mass is 9.88. The van der Waals surface area contributed by atoms with Gasteiger partial charge in [0.05, 0.1) is 10.0 Å². The van der Waals surface area contributed by atoms with Crippen molar-refractivity contribution in [3.05, 3.63) is 33.8 Å². The summed E-state index contributed by atoms with van der Waals surface area (Å²) >= 11 is 12.1. The van der Waals surface area contributed by atoms with Crippen molar-refractivity contribution in [1.29, 1.82) is 0 Å². The highest BCUT2D eigenvalue weighted by molar-refractivity contribution is 6.42. The summed E-state index contributed by atoms with van der Waals surface area (Å²) in [6.07, 6.45) is 3.21. The summed E-state index contributed by atoms with van der Waals surface area (Å²) in [7, 11) is 0. The summed E-state index contributed by atoms with van der Waals surface area (Å²) in [5.41, 5.74) is 7.46. The van der Waals surface area contributed by atoms with Gasteiger partial charge in [0.25, 0.3) is 0 Å². The van der Waals surface area contributed by atoms with Gasteiger partial charge in [-0.05, 0) is 29.9 Å². The first-order chi connectivity index (χ1) is 7.81. The molecule has 0 fully saturated rings. The minimum absolute atomic E-state index is 0.0245. The quantitative estimate of drug-likeness (QED) is 0.801. The van der Waals surface area contributed by atoms with E-state index in [1.165, 1.54) is 6.42 Å². The van der Waals surface area contributed by atoms with Gasteiger partial charge < -0.3 is 5.73 Å². The fourth-order valence-electron chi connectivity index (χ4n) is 1.81. The highest BCUT2D eigenvalue weighted by Gasteiger charge is 2.14. The van der Waals surface area contributed by atoms with Crippen LogP contribution in [0.3, 0.4) is 0 Å². The lowest BCUT2D eigenvalue weighted by Gasteiger charge is -2.20. The molecular weight excluding hydrogens is 253 g/mol. The highest BCUT2D eigenvalue weighted by atomic mass is 35.5. The monoisotopic (exact) mass is 273 g/mol. The van der Waals surface area contributed by atoms with Crippen LogP contribution in [0.2, 0.25) is 10.0 Å². The lowest BCUT2D eigenvalue weighted by molar-refractivity contribution is 0.353. The molecule has 3 heteroatoms. The third-order valence-electron chi connectivity index (χ3n) is 2.82. The van der Waals surface area contributed by atoms with Crippen LogP contribution in [0, 0.1) is 5.41 Å². The first-order valence-corrected chi connectivity index (χ1v) is 6.76. The van der Waals surface area contributed by atoms with E-state index in [0.29, 0.717) is 15.5 Å². The maximum atomic E-state index is 6.15. The van der Waals surface area contributed by atoms with Crippen LogP contribution in [0.15, 0.2) is 18.2 Å². The molecule has 1 rings (SSSR count). The van der Waals surface area contributed by atoms with Gasteiger partial charge in [0.1, 0.15) is 0 Å². The van der Waals surface area contributed by atoms with Gasteiger partial charge in [0, 0.05) is 6.04 Å². The van der Waals surface area contributed by atoms with Crippen LogP contribution in [0.5, 0.6) is 0 Å². The lowest BCUT2D eigenvalue weighted by Crippen LogP contribution is -2.12. The zero-order chi connectivity index (χ0) is 13.1. The number of halogens is 2. The molecule has 0 radical (unpaired) electrons. The Kier molecular flexibility index (Phi) is 5.30. The predicted octanol–water partition coefficient (Wildman–Crippen LogP) is 5.21. The second-order valence-corrected chi connectivity index (χ2v) is 6.49. The molecule has 0 aliphatic rings. The minimum Gasteiger partial charge on any atom is -0.324 e. The molecule has 0 heterocycles. The Morgan fingerprint density at radius 1 is 1.24 bits per heavy atom. The van der Waals surface area contributed by atoms with Crippen molar-refractivity contribution in [3.8, 4) is 0 Å². The van der Waals surface area contributed by atoms with Crippen molar-refractivity contribution in [2.45, 2.75) is 46.1 Å². The molecular formula is C14H21Cl2N. The van der Waals surface area contributed by atoms with E-state index in [9.17, 15) is 0 Å².